The molecule has 0 fully saturated rings. The zero-order valence-electron chi connectivity index (χ0n) is 12.7. The molecule has 10 heteroatoms. The van der Waals surface area contributed by atoms with E-state index in [2.05, 4.69) is 26.8 Å². The van der Waals surface area contributed by atoms with Crippen LogP contribution >= 0.6 is 27.3 Å². The Morgan fingerprint density at radius 3 is 2.08 bits per heavy atom. The third-order valence-corrected chi connectivity index (χ3v) is 6.43. The molecule has 2 amide bonds. The second-order valence-corrected chi connectivity index (χ2v) is 9.44. The molecular weight excluding hydrogens is 418 g/mol. The molecule has 0 aliphatic rings. The van der Waals surface area contributed by atoms with Crippen molar-refractivity contribution >= 4 is 49.1 Å². The van der Waals surface area contributed by atoms with E-state index in [0.717, 1.165) is 8.09 Å². The van der Waals surface area contributed by atoms with Crippen LogP contribution in [-0.2, 0) is 10.0 Å². The quantitative estimate of drug-likeness (QED) is 0.721. The number of halogens is 1. The van der Waals surface area contributed by atoms with E-state index in [9.17, 15) is 18.0 Å². The summed E-state index contributed by atoms with van der Waals surface area (Å²) < 4.78 is 25.8. The average molecular weight is 432 g/mol. The van der Waals surface area contributed by atoms with Crippen LogP contribution in [0.2, 0.25) is 0 Å². The fourth-order valence-electron chi connectivity index (χ4n) is 1.67. The molecule has 0 saturated heterocycles. The first-order valence-corrected chi connectivity index (χ1v) is 9.65. The standard InChI is InChI=1S/C14H14BrN3O4S2/c1-18(2)24(21,22)10-5-3-9(4-6-10)13(19)16-17-14(20)11-7-8-12(15)23-11/h3-8H,1-2H3,(H,16,19)(H,17,20). The number of thiophene rings is 1. The Labute approximate surface area is 151 Å². The molecule has 128 valence electrons. The van der Waals surface area contributed by atoms with Gasteiger partial charge in [-0.15, -0.1) is 11.3 Å². The van der Waals surface area contributed by atoms with Crippen molar-refractivity contribution in [1.29, 1.82) is 0 Å². The molecule has 1 heterocycles. The Bertz CT molecular complexity index is 860. The summed E-state index contributed by atoms with van der Waals surface area (Å²) in [6.07, 6.45) is 0. The highest BCUT2D eigenvalue weighted by Gasteiger charge is 2.17. The smallest absolute Gasteiger partial charge is 0.267 e. The van der Waals surface area contributed by atoms with Crippen LogP contribution in [-0.4, -0.2) is 38.6 Å². The normalized spacial score (nSPS) is 11.3. The van der Waals surface area contributed by atoms with Gasteiger partial charge in [0.15, 0.2) is 0 Å². The number of hydrogen-bond acceptors (Lipinski definition) is 5. The summed E-state index contributed by atoms with van der Waals surface area (Å²) in [5, 5.41) is 0. The van der Waals surface area contributed by atoms with Gasteiger partial charge in [-0.1, -0.05) is 0 Å². The van der Waals surface area contributed by atoms with Gasteiger partial charge in [-0.05, 0) is 52.3 Å². The van der Waals surface area contributed by atoms with Crippen molar-refractivity contribution in [3.05, 3.63) is 50.6 Å². The SMILES string of the molecule is CN(C)S(=O)(=O)c1ccc(C(=O)NNC(=O)c2ccc(Br)s2)cc1. The summed E-state index contributed by atoms with van der Waals surface area (Å²) in [5.41, 5.74) is 4.80. The fourth-order valence-corrected chi connectivity index (χ4v) is 3.86. The van der Waals surface area contributed by atoms with Gasteiger partial charge in [0.1, 0.15) is 0 Å². The van der Waals surface area contributed by atoms with E-state index in [4.69, 9.17) is 0 Å². The summed E-state index contributed by atoms with van der Waals surface area (Å²) in [5.74, 6) is -0.987. The first-order valence-electron chi connectivity index (χ1n) is 6.60. The highest BCUT2D eigenvalue weighted by molar-refractivity contribution is 9.11. The summed E-state index contributed by atoms with van der Waals surface area (Å²) in [6.45, 7) is 0. The average Bonchev–Trinajstić information content (AvgIpc) is 2.98. The summed E-state index contributed by atoms with van der Waals surface area (Å²) >= 11 is 4.48. The van der Waals surface area contributed by atoms with Gasteiger partial charge in [0, 0.05) is 19.7 Å². The van der Waals surface area contributed by atoms with Crippen molar-refractivity contribution in [2.24, 2.45) is 0 Å². The van der Waals surface area contributed by atoms with Crippen molar-refractivity contribution in [3.63, 3.8) is 0 Å². The number of carbonyl (C=O) groups excluding carboxylic acids is 2. The Morgan fingerprint density at radius 1 is 1.00 bits per heavy atom. The lowest BCUT2D eigenvalue weighted by molar-refractivity contribution is 0.0849. The van der Waals surface area contributed by atoms with Crippen molar-refractivity contribution in [2.45, 2.75) is 4.90 Å². The van der Waals surface area contributed by atoms with Crippen LogP contribution in [0.1, 0.15) is 20.0 Å². The molecule has 24 heavy (non-hydrogen) atoms. The maximum absolute atomic E-state index is 12.0. The molecule has 2 aromatic rings. The van der Waals surface area contributed by atoms with Crippen LogP contribution in [0.4, 0.5) is 0 Å². The van der Waals surface area contributed by atoms with Gasteiger partial charge in [0.2, 0.25) is 10.0 Å². The predicted molar refractivity (Wildman–Crippen MR) is 94.3 cm³/mol. The van der Waals surface area contributed by atoms with E-state index in [0.29, 0.717) is 4.88 Å². The van der Waals surface area contributed by atoms with Crippen LogP contribution in [0, 0.1) is 0 Å². The lowest BCUT2D eigenvalue weighted by atomic mass is 10.2. The molecule has 0 radical (unpaired) electrons. The van der Waals surface area contributed by atoms with Gasteiger partial charge < -0.3 is 0 Å². The molecule has 1 aromatic heterocycles. The van der Waals surface area contributed by atoms with Gasteiger partial charge in [0.05, 0.1) is 13.6 Å². The maximum atomic E-state index is 12.0. The zero-order chi connectivity index (χ0) is 17.9. The summed E-state index contributed by atoms with van der Waals surface area (Å²) in [7, 11) is -0.700. The number of nitrogens with one attached hydrogen (secondary N) is 2. The maximum Gasteiger partial charge on any atom is 0.279 e. The van der Waals surface area contributed by atoms with Gasteiger partial charge in [-0.3, -0.25) is 20.4 Å². The van der Waals surface area contributed by atoms with E-state index in [1.165, 1.54) is 49.7 Å². The van der Waals surface area contributed by atoms with Crippen LogP contribution < -0.4 is 10.9 Å². The molecule has 0 saturated carbocycles. The van der Waals surface area contributed by atoms with E-state index in [1.807, 2.05) is 0 Å². The van der Waals surface area contributed by atoms with Crippen molar-refractivity contribution < 1.29 is 18.0 Å². The van der Waals surface area contributed by atoms with E-state index >= 15 is 0 Å². The Balaban J connectivity index is 2.02. The minimum absolute atomic E-state index is 0.0801. The van der Waals surface area contributed by atoms with Crippen LogP contribution in [0.25, 0.3) is 0 Å². The number of amides is 2. The molecule has 2 rings (SSSR count). The first-order chi connectivity index (χ1) is 11.2. The molecule has 0 spiro atoms. The molecule has 0 aliphatic heterocycles. The number of benzene rings is 1. The minimum atomic E-state index is -3.55. The number of nitrogens with zero attached hydrogens (tertiary/aromatic N) is 1. The Hall–Kier alpha value is -1.75. The lowest BCUT2D eigenvalue weighted by Gasteiger charge is -2.11. The number of hydrazine groups is 1. The molecule has 1 aromatic carbocycles. The van der Waals surface area contributed by atoms with Crippen LogP contribution in [0.5, 0.6) is 0 Å². The van der Waals surface area contributed by atoms with Crippen LogP contribution in [0.3, 0.4) is 0 Å². The summed E-state index contributed by atoms with van der Waals surface area (Å²) in [4.78, 5) is 24.3. The molecule has 7 nitrogen and oxygen atoms in total. The molecule has 0 unspecified atom stereocenters. The minimum Gasteiger partial charge on any atom is -0.267 e. The summed E-state index contributed by atoms with van der Waals surface area (Å²) in [6, 6.07) is 8.77. The van der Waals surface area contributed by atoms with E-state index in [-0.39, 0.29) is 10.5 Å². The van der Waals surface area contributed by atoms with Crippen LogP contribution in [0.15, 0.2) is 45.1 Å². The predicted octanol–water partition coefficient (Wildman–Crippen LogP) is 1.84. The van der Waals surface area contributed by atoms with Gasteiger partial charge in [0.25, 0.3) is 11.8 Å². The largest absolute Gasteiger partial charge is 0.279 e. The third-order valence-electron chi connectivity index (χ3n) is 2.98. The monoisotopic (exact) mass is 431 g/mol. The van der Waals surface area contributed by atoms with Crippen molar-refractivity contribution in [1.82, 2.24) is 15.2 Å². The Kier molecular flexibility index (Phi) is 5.75. The highest BCUT2D eigenvalue weighted by atomic mass is 79.9. The van der Waals surface area contributed by atoms with Gasteiger partial charge in [-0.2, -0.15) is 0 Å². The highest BCUT2D eigenvalue weighted by Crippen LogP contribution is 2.21. The number of hydrogen-bond donors (Lipinski definition) is 2. The Morgan fingerprint density at radius 2 is 1.58 bits per heavy atom. The topological polar surface area (TPSA) is 95.6 Å². The van der Waals surface area contributed by atoms with Crippen molar-refractivity contribution in [2.75, 3.05) is 14.1 Å². The van der Waals surface area contributed by atoms with E-state index in [1.54, 1.807) is 12.1 Å². The lowest BCUT2D eigenvalue weighted by Crippen LogP contribution is -2.41. The number of rotatable bonds is 4. The third kappa shape index (κ3) is 4.20. The number of carbonyl (C=O) groups is 2. The number of sulfonamides is 1. The van der Waals surface area contributed by atoms with Crippen molar-refractivity contribution in [3.8, 4) is 0 Å². The van der Waals surface area contributed by atoms with Gasteiger partial charge >= 0.3 is 0 Å². The zero-order valence-corrected chi connectivity index (χ0v) is 16.0. The second-order valence-electron chi connectivity index (χ2n) is 4.82. The van der Waals surface area contributed by atoms with E-state index < -0.39 is 21.8 Å². The molecular formula is C14H14BrN3O4S2. The molecule has 0 atom stereocenters. The second kappa shape index (κ2) is 7.43. The fraction of sp³-hybridized carbons (Fsp3) is 0.143. The van der Waals surface area contributed by atoms with Gasteiger partial charge in [-0.25, -0.2) is 12.7 Å². The molecule has 2 N–H and O–H groups in total. The first kappa shape index (κ1) is 18.6. The molecule has 0 aliphatic carbocycles. The molecule has 0 bridgehead atoms.